The normalized spacial score (nSPS) is 15.4. The van der Waals surface area contributed by atoms with Crippen molar-refractivity contribution >= 4 is 23.2 Å². The maximum atomic E-state index is 12.4. The average Bonchev–Trinajstić information content (AvgIpc) is 3.06. The number of carbonyl (C=O) groups excluding carboxylic acids is 2. The number of rotatable bonds is 7. The lowest BCUT2D eigenvalue weighted by Gasteiger charge is -2.34. The first-order valence-electron chi connectivity index (χ1n) is 9.59. The zero-order valence-corrected chi connectivity index (χ0v) is 16.5. The molecule has 1 fully saturated rings. The highest BCUT2D eigenvalue weighted by atomic mass is 16.2. The van der Waals surface area contributed by atoms with Crippen LogP contribution in [0.5, 0.6) is 0 Å². The molecule has 1 aliphatic heterocycles. The van der Waals surface area contributed by atoms with Crippen LogP contribution in [0.1, 0.15) is 12.7 Å². The van der Waals surface area contributed by atoms with Crippen molar-refractivity contribution in [2.24, 2.45) is 0 Å². The van der Waals surface area contributed by atoms with Gasteiger partial charge >= 0.3 is 0 Å². The quantitative estimate of drug-likeness (QED) is 0.754. The number of benzene rings is 1. The van der Waals surface area contributed by atoms with Gasteiger partial charge in [-0.25, -0.2) is 4.98 Å². The maximum Gasteiger partial charge on any atom is 0.238 e. The molecule has 1 aliphatic rings. The number of nitrogens with zero attached hydrogens (tertiary/aromatic N) is 4. The van der Waals surface area contributed by atoms with Crippen LogP contribution in [0, 0.1) is 6.92 Å². The Hall–Kier alpha value is -2.71. The number of amides is 2. The highest BCUT2D eigenvalue weighted by molar-refractivity contribution is 5.94. The molecule has 1 aromatic carbocycles. The van der Waals surface area contributed by atoms with E-state index in [9.17, 15) is 9.59 Å². The zero-order valence-electron chi connectivity index (χ0n) is 16.5. The topological polar surface area (TPSA) is 82.5 Å². The summed E-state index contributed by atoms with van der Waals surface area (Å²) in [5.74, 6) is 0.866. The number of imidazole rings is 1. The van der Waals surface area contributed by atoms with E-state index < -0.39 is 0 Å². The summed E-state index contributed by atoms with van der Waals surface area (Å²) < 4.78 is 2.16. The SMILES string of the molecule is CC(=O)Nc1cccc(NC(=O)CN2CCN(CCn3ccnc3C)CC2)c1. The van der Waals surface area contributed by atoms with Gasteiger partial charge in [0.2, 0.25) is 11.8 Å². The maximum absolute atomic E-state index is 12.4. The summed E-state index contributed by atoms with van der Waals surface area (Å²) in [6, 6.07) is 7.18. The van der Waals surface area contributed by atoms with Gasteiger partial charge in [-0.3, -0.25) is 19.4 Å². The van der Waals surface area contributed by atoms with Crippen molar-refractivity contribution in [3.63, 3.8) is 0 Å². The van der Waals surface area contributed by atoms with E-state index in [0.717, 1.165) is 45.1 Å². The van der Waals surface area contributed by atoms with Gasteiger partial charge in [0, 0.05) is 70.0 Å². The molecule has 2 heterocycles. The molecule has 3 rings (SSSR count). The van der Waals surface area contributed by atoms with E-state index in [1.807, 2.05) is 31.5 Å². The van der Waals surface area contributed by atoms with E-state index >= 15 is 0 Å². The second-order valence-electron chi connectivity index (χ2n) is 7.10. The van der Waals surface area contributed by atoms with Crippen molar-refractivity contribution in [1.29, 1.82) is 0 Å². The first kappa shape index (κ1) is 20.0. The highest BCUT2D eigenvalue weighted by Crippen LogP contribution is 2.15. The van der Waals surface area contributed by atoms with E-state index in [-0.39, 0.29) is 11.8 Å². The predicted molar refractivity (Wildman–Crippen MR) is 109 cm³/mol. The second kappa shape index (κ2) is 9.48. The van der Waals surface area contributed by atoms with Gasteiger partial charge in [0.15, 0.2) is 0 Å². The van der Waals surface area contributed by atoms with Crippen molar-refractivity contribution in [1.82, 2.24) is 19.4 Å². The van der Waals surface area contributed by atoms with E-state index in [4.69, 9.17) is 0 Å². The van der Waals surface area contributed by atoms with Gasteiger partial charge in [-0.05, 0) is 25.1 Å². The first-order chi connectivity index (χ1) is 13.5. The minimum absolute atomic E-state index is 0.0394. The molecule has 0 bridgehead atoms. The van der Waals surface area contributed by atoms with Crippen LogP contribution in [0.2, 0.25) is 0 Å². The number of aromatic nitrogens is 2. The second-order valence-corrected chi connectivity index (χ2v) is 7.10. The monoisotopic (exact) mass is 384 g/mol. The smallest absolute Gasteiger partial charge is 0.238 e. The molecule has 0 saturated carbocycles. The molecule has 8 heteroatoms. The molecule has 1 saturated heterocycles. The van der Waals surface area contributed by atoms with Crippen LogP contribution >= 0.6 is 0 Å². The Kier molecular flexibility index (Phi) is 6.78. The molecular weight excluding hydrogens is 356 g/mol. The number of carbonyl (C=O) groups is 2. The van der Waals surface area contributed by atoms with Crippen LogP contribution < -0.4 is 10.6 Å². The van der Waals surface area contributed by atoms with E-state index in [1.165, 1.54) is 6.92 Å². The molecule has 150 valence electrons. The molecule has 1 aromatic heterocycles. The summed E-state index contributed by atoms with van der Waals surface area (Å²) in [7, 11) is 0. The molecule has 8 nitrogen and oxygen atoms in total. The number of piperazine rings is 1. The Balaban J connectivity index is 1.40. The molecule has 0 aliphatic carbocycles. The van der Waals surface area contributed by atoms with Gasteiger partial charge in [0.1, 0.15) is 5.82 Å². The largest absolute Gasteiger partial charge is 0.334 e. The molecule has 2 amide bonds. The Bertz CT molecular complexity index is 811. The molecule has 0 spiro atoms. The fraction of sp³-hybridized carbons (Fsp3) is 0.450. The number of aryl methyl sites for hydroxylation is 1. The van der Waals surface area contributed by atoms with Crippen LogP contribution in [0.4, 0.5) is 11.4 Å². The minimum Gasteiger partial charge on any atom is -0.334 e. The van der Waals surface area contributed by atoms with Gasteiger partial charge in [-0.15, -0.1) is 0 Å². The van der Waals surface area contributed by atoms with E-state index in [2.05, 4.69) is 30.0 Å². The van der Waals surface area contributed by atoms with Crippen molar-refractivity contribution in [2.45, 2.75) is 20.4 Å². The third-order valence-electron chi connectivity index (χ3n) is 4.88. The molecule has 0 unspecified atom stereocenters. The Morgan fingerprint density at radius 3 is 2.36 bits per heavy atom. The van der Waals surface area contributed by atoms with Crippen molar-refractivity contribution in [3.05, 3.63) is 42.5 Å². The summed E-state index contributed by atoms with van der Waals surface area (Å²) >= 11 is 0. The van der Waals surface area contributed by atoms with Crippen molar-refractivity contribution < 1.29 is 9.59 Å². The number of hydrogen-bond donors (Lipinski definition) is 2. The number of anilines is 2. The number of hydrogen-bond acceptors (Lipinski definition) is 5. The summed E-state index contributed by atoms with van der Waals surface area (Å²) in [4.78, 5) is 32.3. The molecule has 0 radical (unpaired) electrons. The predicted octanol–water partition coefficient (Wildman–Crippen LogP) is 1.41. The third kappa shape index (κ3) is 5.90. The van der Waals surface area contributed by atoms with Gasteiger partial charge in [0.05, 0.1) is 6.54 Å². The van der Waals surface area contributed by atoms with E-state index in [1.54, 1.807) is 12.1 Å². The van der Waals surface area contributed by atoms with E-state index in [0.29, 0.717) is 17.9 Å². The number of nitrogens with one attached hydrogen (secondary N) is 2. The summed E-state index contributed by atoms with van der Waals surface area (Å²) in [5.41, 5.74) is 1.36. The fourth-order valence-corrected chi connectivity index (χ4v) is 3.34. The van der Waals surface area contributed by atoms with Gasteiger partial charge in [-0.1, -0.05) is 6.07 Å². The third-order valence-corrected chi connectivity index (χ3v) is 4.88. The van der Waals surface area contributed by atoms with Crippen LogP contribution in [-0.2, 0) is 16.1 Å². The lowest BCUT2D eigenvalue weighted by atomic mass is 10.2. The molecule has 28 heavy (non-hydrogen) atoms. The van der Waals surface area contributed by atoms with Gasteiger partial charge in [0.25, 0.3) is 0 Å². The summed E-state index contributed by atoms with van der Waals surface area (Å²) in [5, 5.41) is 5.63. The van der Waals surface area contributed by atoms with Crippen LogP contribution in [0.25, 0.3) is 0 Å². The first-order valence-corrected chi connectivity index (χ1v) is 9.59. The molecule has 0 atom stereocenters. The van der Waals surface area contributed by atoms with Gasteiger partial charge < -0.3 is 15.2 Å². The lowest BCUT2D eigenvalue weighted by molar-refractivity contribution is -0.117. The van der Waals surface area contributed by atoms with Crippen LogP contribution in [0.15, 0.2) is 36.7 Å². The standard InChI is InChI=1S/C20H28N6O2/c1-16-21-6-7-26(16)13-12-24-8-10-25(11-9-24)15-20(28)23-19-5-3-4-18(14-19)22-17(2)27/h3-7,14H,8-13,15H2,1-2H3,(H,22,27)(H,23,28). The minimum atomic E-state index is -0.135. The average molecular weight is 384 g/mol. The van der Waals surface area contributed by atoms with Crippen LogP contribution in [0.3, 0.4) is 0 Å². The van der Waals surface area contributed by atoms with Crippen molar-refractivity contribution in [2.75, 3.05) is 49.9 Å². The van der Waals surface area contributed by atoms with Crippen LogP contribution in [-0.4, -0.2) is 70.4 Å². The summed E-state index contributed by atoms with van der Waals surface area (Å²) in [6.45, 7) is 9.45. The summed E-state index contributed by atoms with van der Waals surface area (Å²) in [6.07, 6.45) is 3.84. The fourth-order valence-electron chi connectivity index (χ4n) is 3.34. The highest BCUT2D eigenvalue weighted by Gasteiger charge is 2.19. The lowest BCUT2D eigenvalue weighted by Crippen LogP contribution is -2.49. The molecule has 2 aromatic rings. The Morgan fingerprint density at radius 2 is 1.71 bits per heavy atom. The Labute approximate surface area is 165 Å². The van der Waals surface area contributed by atoms with Crippen molar-refractivity contribution in [3.8, 4) is 0 Å². The Morgan fingerprint density at radius 1 is 1.04 bits per heavy atom. The van der Waals surface area contributed by atoms with Gasteiger partial charge in [-0.2, -0.15) is 0 Å². The zero-order chi connectivity index (χ0) is 19.9. The molecular formula is C20H28N6O2. The molecule has 2 N–H and O–H groups in total.